The summed E-state index contributed by atoms with van der Waals surface area (Å²) < 4.78 is 5.78. The summed E-state index contributed by atoms with van der Waals surface area (Å²) in [5.74, 6) is 1.38. The number of ether oxygens (including phenoxy) is 1. The molecule has 2 heteroatoms. The Hall–Kier alpha value is -1.31. The summed E-state index contributed by atoms with van der Waals surface area (Å²) in [6, 6.07) is 6.31. The van der Waals surface area contributed by atoms with Crippen LogP contribution in [-0.4, -0.2) is 12.4 Å². The maximum absolute atomic E-state index is 11.7. The quantitative estimate of drug-likeness (QED) is 0.802. The van der Waals surface area contributed by atoms with Crippen molar-refractivity contribution in [2.75, 3.05) is 6.61 Å². The summed E-state index contributed by atoms with van der Waals surface area (Å²) in [4.78, 5) is 11.7. The van der Waals surface area contributed by atoms with Crippen LogP contribution in [0.1, 0.15) is 51.7 Å². The minimum atomic E-state index is 0.0309. The molecule has 0 bridgehead atoms. The van der Waals surface area contributed by atoms with Crippen LogP contribution in [0, 0.1) is 5.92 Å². The molecule has 1 fully saturated rings. The first-order valence-electron chi connectivity index (χ1n) is 7.20. The second-order valence-electron chi connectivity index (χ2n) is 6.46. The Morgan fingerprint density at radius 3 is 2.53 bits per heavy atom. The second kappa shape index (κ2) is 5.36. The van der Waals surface area contributed by atoms with Crippen molar-refractivity contribution in [3.8, 4) is 5.75 Å². The fourth-order valence-corrected chi connectivity index (χ4v) is 2.18. The third kappa shape index (κ3) is 3.59. The number of aryl methyl sites for hydroxylation is 1. The second-order valence-corrected chi connectivity index (χ2v) is 6.46. The van der Waals surface area contributed by atoms with Gasteiger partial charge in [-0.1, -0.05) is 39.8 Å². The van der Waals surface area contributed by atoms with Crippen LogP contribution >= 0.6 is 0 Å². The number of Topliss-reactive ketones (excluding diaryl/α,β-unsaturated/α-hetero) is 1. The van der Waals surface area contributed by atoms with E-state index in [1.165, 1.54) is 11.1 Å². The van der Waals surface area contributed by atoms with Crippen molar-refractivity contribution in [2.45, 2.75) is 52.4 Å². The summed E-state index contributed by atoms with van der Waals surface area (Å²) >= 11 is 0. The van der Waals surface area contributed by atoms with Crippen LogP contribution in [-0.2, 0) is 16.6 Å². The van der Waals surface area contributed by atoms with E-state index in [1.54, 1.807) is 0 Å². The Morgan fingerprint density at radius 2 is 2.00 bits per heavy atom. The highest BCUT2D eigenvalue weighted by Gasteiger charge is 2.30. The van der Waals surface area contributed by atoms with Crippen molar-refractivity contribution >= 4 is 5.78 Å². The van der Waals surface area contributed by atoms with Crippen LogP contribution in [0.25, 0.3) is 0 Å². The first-order chi connectivity index (χ1) is 8.91. The fourth-order valence-electron chi connectivity index (χ4n) is 2.18. The average Bonchev–Trinajstić information content (AvgIpc) is 3.18. The first kappa shape index (κ1) is 14.1. The van der Waals surface area contributed by atoms with E-state index in [0.717, 1.165) is 25.0 Å². The Balaban J connectivity index is 2.15. The molecule has 0 aliphatic heterocycles. The van der Waals surface area contributed by atoms with Gasteiger partial charge in [0.15, 0.2) is 5.78 Å². The third-order valence-electron chi connectivity index (χ3n) is 3.66. The lowest BCUT2D eigenvalue weighted by molar-refractivity contribution is -0.122. The molecule has 1 aromatic carbocycles. The highest BCUT2D eigenvalue weighted by molar-refractivity contribution is 5.84. The van der Waals surface area contributed by atoms with Gasteiger partial charge < -0.3 is 4.74 Å². The van der Waals surface area contributed by atoms with E-state index in [2.05, 4.69) is 39.8 Å². The Kier molecular flexibility index (Phi) is 3.98. The van der Waals surface area contributed by atoms with Crippen LogP contribution in [0.4, 0.5) is 0 Å². The maximum atomic E-state index is 11.7. The summed E-state index contributed by atoms with van der Waals surface area (Å²) in [6.07, 6.45) is 3.11. The van der Waals surface area contributed by atoms with Crippen LogP contribution in [0.15, 0.2) is 18.2 Å². The largest absolute Gasteiger partial charge is 0.486 e. The van der Waals surface area contributed by atoms with Gasteiger partial charge in [-0.15, -0.1) is 0 Å². The van der Waals surface area contributed by atoms with Crippen molar-refractivity contribution in [3.63, 3.8) is 0 Å². The third-order valence-corrected chi connectivity index (χ3v) is 3.66. The molecule has 1 aromatic rings. The number of carbonyl (C=O) groups excluding carboxylic acids is 1. The Bertz CT molecular complexity index is 465. The summed E-state index contributed by atoms with van der Waals surface area (Å²) in [5.41, 5.74) is 2.53. The van der Waals surface area contributed by atoms with Gasteiger partial charge in [0.1, 0.15) is 12.4 Å². The number of hydrogen-bond donors (Lipinski definition) is 0. The lowest BCUT2D eigenvalue weighted by atomic mass is 9.85. The van der Waals surface area contributed by atoms with Gasteiger partial charge in [0.2, 0.25) is 0 Å². The molecular formula is C17H24O2. The Morgan fingerprint density at radius 1 is 1.32 bits per heavy atom. The molecule has 19 heavy (non-hydrogen) atoms. The van der Waals surface area contributed by atoms with Crippen molar-refractivity contribution in [2.24, 2.45) is 5.92 Å². The van der Waals surface area contributed by atoms with Gasteiger partial charge in [0.05, 0.1) is 0 Å². The Labute approximate surface area is 116 Å². The molecule has 0 radical (unpaired) electrons. The highest BCUT2D eigenvalue weighted by atomic mass is 16.5. The number of carbonyl (C=O) groups is 1. The van der Waals surface area contributed by atoms with Crippen molar-refractivity contribution in [3.05, 3.63) is 29.3 Å². The number of ketones is 1. The van der Waals surface area contributed by atoms with E-state index in [4.69, 9.17) is 4.74 Å². The van der Waals surface area contributed by atoms with Gasteiger partial charge in [-0.2, -0.15) is 0 Å². The van der Waals surface area contributed by atoms with Gasteiger partial charge in [-0.25, -0.2) is 0 Å². The van der Waals surface area contributed by atoms with Crippen LogP contribution in [0.5, 0.6) is 5.75 Å². The number of rotatable bonds is 5. The van der Waals surface area contributed by atoms with Crippen molar-refractivity contribution < 1.29 is 9.53 Å². The van der Waals surface area contributed by atoms with Gasteiger partial charge in [-0.3, -0.25) is 4.79 Å². The van der Waals surface area contributed by atoms with E-state index in [-0.39, 0.29) is 23.7 Å². The molecule has 0 heterocycles. The molecule has 0 aromatic heterocycles. The van der Waals surface area contributed by atoms with Gasteiger partial charge in [0, 0.05) is 5.92 Å². The molecule has 0 spiro atoms. The SMILES string of the molecule is CCc1ccc(OCC(=O)C2CC2)c(C(C)(C)C)c1. The van der Waals surface area contributed by atoms with Gasteiger partial charge in [0.25, 0.3) is 0 Å². The predicted molar refractivity (Wildman–Crippen MR) is 77.7 cm³/mol. The average molecular weight is 260 g/mol. The minimum absolute atomic E-state index is 0.0309. The number of hydrogen-bond acceptors (Lipinski definition) is 2. The van der Waals surface area contributed by atoms with E-state index in [0.29, 0.717) is 0 Å². The van der Waals surface area contributed by atoms with Crippen molar-refractivity contribution in [1.29, 1.82) is 0 Å². The molecule has 0 N–H and O–H groups in total. The van der Waals surface area contributed by atoms with Crippen LogP contribution < -0.4 is 4.74 Å². The molecule has 104 valence electrons. The molecule has 1 aliphatic carbocycles. The van der Waals surface area contributed by atoms with E-state index >= 15 is 0 Å². The molecule has 2 rings (SSSR count). The molecule has 0 amide bonds. The van der Waals surface area contributed by atoms with Gasteiger partial charge >= 0.3 is 0 Å². The zero-order valence-corrected chi connectivity index (χ0v) is 12.5. The molecular weight excluding hydrogens is 236 g/mol. The topological polar surface area (TPSA) is 26.3 Å². The van der Waals surface area contributed by atoms with Crippen LogP contribution in [0.3, 0.4) is 0 Å². The molecule has 1 aliphatic rings. The lowest BCUT2D eigenvalue weighted by Gasteiger charge is -2.23. The minimum Gasteiger partial charge on any atom is -0.486 e. The molecule has 2 nitrogen and oxygen atoms in total. The highest BCUT2D eigenvalue weighted by Crippen LogP contribution is 2.34. The van der Waals surface area contributed by atoms with E-state index in [9.17, 15) is 4.79 Å². The van der Waals surface area contributed by atoms with Gasteiger partial charge in [-0.05, 0) is 41.9 Å². The zero-order chi connectivity index (χ0) is 14.0. The van der Waals surface area contributed by atoms with E-state index < -0.39 is 0 Å². The smallest absolute Gasteiger partial charge is 0.173 e. The monoisotopic (exact) mass is 260 g/mol. The molecule has 0 atom stereocenters. The predicted octanol–water partition coefficient (Wildman–Crippen LogP) is 3.90. The zero-order valence-electron chi connectivity index (χ0n) is 12.5. The van der Waals surface area contributed by atoms with Crippen molar-refractivity contribution in [1.82, 2.24) is 0 Å². The van der Waals surface area contributed by atoms with Crippen LogP contribution in [0.2, 0.25) is 0 Å². The summed E-state index contributed by atoms with van der Waals surface area (Å²) in [7, 11) is 0. The normalized spacial score (nSPS) is 15.4. The molecule has 0 saturated heterocycles. The lowest BCUT2D eigenvalue weighted by Crippen LogP contribution is -2.18. The summed E-state index contributed by atoms with van der Waals surface area (Å²) in [5, 5.41) is 0. The molecule has 0 unspecified atom stereocenters. The number of benzene rings is 1. The molecule has 1 saturated carbocycles. The summed E-state index contributed by atoms with van der Waals surface area (Å²) in [6.45, 7) is 8.91. The fraction of sp³-hybridized carbons (Fsp3) is 0.588. The standard InChI is InChI=1S/C17H24O2/c1-5-12-6-9-16(14(10-12)17(2,3)4)19-11-15(18)13-7-8-13/h6,9-10,13H,5,7-8,11H2,1-4H3. The maximum Gasteiger partial charge on any atom is 0.173 e. The van der Waals surface area contributed by atoms with E-state index in [1.807, 2.05) is 6.07 Å². The first-order valence-corrected chi connectivity index (χ1v) is 7.20.